The molecule has 6 aromatic rings. The first-order valence-corrected chi connectivity index (χ1v) is 13.4. The van der Waals surface area contributed by atoms with Crippen molar-refractivity contribution in [2.45, 2.75) is 0 Å². The number of nitrogens with zero attached hydrogens (tertiary/aromatic N) is 1. The van der Waals surface area contributed by atoms with E-state index in [9.17, 15) is 0 Å². The van der Waals surface area contributed by atoms with Crippen LogP contribution in [0, 0.1) is 0 Å². The molecule has 0 radical (unpaired) electrons. The Morgan fingerprint density at radius 1 is 0.325 bits per heavy atom. The third kappa shape index (κ3) is 5.66. The van der Waals surface area contributed by atoms with Gasteiger partial charge in [0.15, 0.2) is 0 Å². The molecule has 0 aliphatic heterocycles. The van der Waals surface area contributed by atoms with Crippen LogP contribution < -0.4 is 20.9 Å². The summed E-state index contributed by atoms with van der Waals surface area (Å²) in [5, 5.41) is 11.1. The van der Waals surface area contributed by atoms with E-state index in [0.29, 0.717) is 0 Å². The van der Waals surface area contributed by atoms with Crippen molar-refractivity contribution in [3.05, 3.63) is 164 Å². The van der Waals surface area contributed by atoms with Crippen LogP contribution in [0.4, 0.5) is 51.2 Å². The molecule has 0 saturated carbocycles. The van der Waals surface area contributed by atoms with Crippen molar-refractivity contribution in [3.63, 3.8) is 0 Å². The van der Waals surface area contributed by atoms with Gasteiger partial charge < -0.3 is 20.9 Å². The lowest BCUT2D eigenvalue weighted by molar-refractivity contribution is 1.28. The van der Waals surface area contributed by atoms with Gasteiger partial charge in [-0.1, -0.05) is 91.0 Å². The molecule has 0 heterocycles. The lowest BCUT2D eigenvalue weighted by Crippen LogP contribution is -2.13. The monoisotopic (exact) mass is 518 g/mol. The van der Waals surface area contributed by atoms with E-state index in [-0.39, 0.29) is 0 Å². The molecule has 0 aliphatic rings. The molecule has 3 N–H and O–H groups in total. The van der Waals surface area contributed by atoms with Crippen LogP contribution in [0.15, 0.2) is 164 Å². The molecule has 0 amide bonds. The van der Waals surface area contributed by atoms with Gasteiger partial charge in [0.25, 0.3) is 0 Å². The quantitative estimate of drug-likeness (QED) is 0.178. The summed E-state index contributed by atoms with van der Waals surface area (Å²) < 4.78 is 0. The molecule has 4 nitrogen and oxygen atoms in total. The summed E-state index contributed by atoms with van der Waals surface area (Å²) in [6.45, 7) is 0. The van der Waals surface area contributed by atoms with Gasteiger partial charge >= 0.3 is 0 Å². The SMILES string of the molecule is c1ccc(Nc2ccc(N(c3ccccc3)c3ccccc3)c(Nc3ccccc3)c2Nc2ccccc2)cc1. The van der Waals surface area contributed by atoms with Crippen molar-refractivity contribution in [2.24, 2.45) is 0 Å². The Bertz CT molecular complexity index is 1600. The smallest absolute Gasteiger partial charge is 0.0889 e. The molecule has 6 aromatic carbocycles. The van der Waals surface area contributed by atoms with E-state index >= 15 is 0 Å². The normalized spacial score (nSPS) is 10.5. The molecular formula is C36H30N4. The zero-order chi connectivity index (χ0) is 27.0. The van der Waals surface area contributed by atoms with Crippen LogP contribution in [0.25, 0.3) is 0 Å². The fourth-order valence-corrected chi connectivity index (χ4v) is 4.73. The summed E-state index contributed by atoms with van der Waals surface area (Å²) in [6.07, 6.45) is 0. The zero-order valence-corrected chi connectivity index (χ0v) is 22.0. The Balaban J connectivity index is 1.59. The second kappa shape index (κ2) is 11.9. The van der Waals surface area contributed by atoms with E-state index < -0.39 is 0 Å². The Kier molecular flexibility index (Phi) is 7.40. The molecule has 0 aromatic heterocycles. The largest absolute Gasteiger partial charge is 0.354 e. The number of para-hydroxylation sites is 5. The van der Waals surface area contributed by atoms with E-state index in [0.717, 1.165) is 51.2 Å². The van der Waals surface area contributed by atoms with Crippen LogP contribution in [-0.4, -0.2) is 0 Å². The first kappa shape index (κ1) is 24.8. The number of hydrogen-bond donors (Lipinski definition) is 3. The molecular weight excluding hydrogens is 488 g/mol. The first-order valence-electron chi connectivity index (χ1n) is 13.4. The van der Waals surface area contributed by atoms with Crippen molar-refractivity contribution in [1.29, 1.82) is 0 Å². The molecule has 4 heteroatoms. The van der Waals surface area contributed by atoms with Crippen molar-refractivity contribution >= 4 is 51.2 Å². The number of hydrogen-bond acceptors (Lipinski definition) is 4. The fourth-order valence-electron chi connectivity index (χ4n) is 4.73. The van der Waals surface area contributed by atoms with Gasteiger partial charge in [-0.05, 0) is 72.8 Å². The Morgan fingerprint density at radius 2 is 0.700 bits per heavy atom. The van der Waals surface area contributed by atoms with Crippen LogP contribution in [0.1, 0.15) is 0 Å². The van der Waals surface area contributed by atoms with Gasteiger partial charge in [-0.3, -0.25) is 0 Å². The van der Waals surface area contributed by atoms with Crippen LogP contribution in [0.2, 0.25) is 0 Å². The van der Waals surface area contributed by atoms with Crippen molar-refractivity contribution < 1.29 is 0 Å². The Hall–Kier alpha value is -5.48. The van der Waals surface area contributed by atoms with Crippen LogP contribution >= 0.6 is 0 Å². The van der Waals surface area contributed by atoms with Crippen molar-refractivity contribution in [1.82, 2.24) is 0 Å². The van der Waals surface area contributed by atoms with E-state index in [4.69, 9.17) is 0 Å². The van der Waals surface area contributed by atoms with Gasteiger partial charge in [0.05, 0.1) is 22.7 Å². The van der Waals surface area contributed by atoms with Gasteiger partial charge in [0, 0.05) is 28.4 Å². The summed E-state index contributed by atoms with van der Waals surface area (Å²) in [6, 6.07) is 56.1. The maximum Gasteiger partial charge on any atom is 0.0889 e. The minimum Gasteiger partial charge on any atom is -0.354 e. The topological polar surface area (TPSA) is 39.3 Å². The number of nitrogens with one attached hydrogen (secondary N) is 3. The summed E-state index contributed by atoms with van der Waals surface area (Å²) in [7, 11) is 0. The van der Waals surface area contributed by atoms with E-state index in [2.05, 4.69) is 118 Å². The number of anilines is 9. The second-order valence-corrected chi connectivity index (χ2v) is 9.36. The van der Waals surface area contributed by atoms with Crippen LogP contribution in [0.3, 0.4) is 0 Å². The standard InChI is InChI=1S/C36H30N4/c1-6-16-28(17-7-1)37-33-26-27-34(40(31-22-12-4-13-23-31)32-24-14-5-15-25-32)36(39-30-20-10-3-11-21-30)35(33)38-29-18-8-2-9-19-29/h1-27,37-39H. The van der Waals surface area contributed by atoms with E-state index in [1.807, 2.05) is 66.7 Å². The summed E-state index contributed by atoms with van der Waals surface area (Å²) in [5.74, 6) is 0. The molecule has 40 heavy (non-hydrogen) atoms. The van der Waals surface area contributed by atoms with Gasteiger partial charge in [-0.15, -0.1) is 0 Å². The van der Waals surface area contributed by atoms with E-state index in [1.165, 1.54) is 0 Å². The van der Waals surface area contributed by atoms with Crippen LogP contribution in [0.5, 0.6) is 0 Å². The predicted molar refractivity (Wildman–Crippen MR) is 170 cm³/mol. The Morgan fingerprint density at radius 3 is 1.15 bits per heavy atom. The predicted octanol–water partition coefficient (Wildman–Crippen LogP) is 10.4. The summed E-state index contributed by atoms with van der Waals surface area (Å²) in [5.41, 5.74) is 9.00. The van der Waals surface area contributed by atoms with Gasteiger partial charge in [0.1, 0.15) is 0 Å². The highest BCUT2D eigenvalue weighted by Crippen LogP contribution is 2.47. The van der Waals surface area contributed by atoms with Crippen molar-refractivity contribution in [3.8, 4) is 0 Å². The maximum atomic E-state index is 3.76. The molecule has 6 rings (SSSR count). The maximum absolute atomic E-state index is 3.76. The Labute approximate surface area is 235 Å². The number of benzene rings is 6. The zero-order valence-electron chi connectivity index (χ0n) is 22.0. The van der Waals surface area contributed by atoms with Crippen LogP contribution in [-0.2, 0) is 0 Å². The average Bonchev–Trinajstić information content (AvgIpc) is 3.02. The third-order valence-electron chi connectivity index (χ3n) is 6.59. The highest BCUT2D eigenvalue weighted by molar-refractivity contribution is 6.00. The third-order valence-corrected chi connectivity index (χ3v) is 6.59. The fraction of sp³-hybridized carbons (Fsp3) is 0. The molecule has 0 bridgehead atoms. The molecule has 0 unspecified atom stereocenters. The van der Waals surface area contributed by atoms with Crippen molar-refractivity contribution in [2.75, 3.05) is 20.9 Å². The number of rotatable bonds is 9. The lowest BCUT2D eigenvalue weighted by atomic mass is 10.1. The molecule has 0 fully saturated rings. The van der Waals surface area contributed by atoms with Gasteiger partial charge in [-0.2, -0.15) is 0 Å². The molecule has 0 aliphatic carbocycles. The first-order chi connectivity index (χ1) is 19.8. The molecule has 194 valence electrons. The summed E-state index contributed by atoms with van der Waals surface area (Å²) >= 11 is 0. The average molecular weight is 519 g/mol. The van der Waals surface area contributed by atoms with Gasteiger partial charge in [-0.25, -0.2) is 0 Å². The molecule has 0 atom stereocenters. The van der Waals surface area contributed by atoms with E-state index in [1.54, 1.807) is 0 Å². The summed E-state index contributed by atoms with van der Waals surface area (Å²) in [4.78, 5) is 2.29. The molecule has 0 saturated heterocycles. The molecule has 0 spiro atoms. The second-order valence-electron chi connectivity index (χ2n) is 9.36. The minimum absolute atomic E-state index is 0.938. The van der Waals surface area contributed by atoms with Gasteiger partial charge in [0.2, 0.25) is 0 Å². The minimum atomic E-state index is 0.938. The highest BCUT2D eigenvalue weighted by atomic mass is 15.2. The lowest BCUT2D eigenvalue weighted by Gasteiger charge is -2.30. The highest BCUT2D eigenvalue weighted by Gasteiger charge is 2.21.